The van der Waals surface area contributed by atoms with Crippen LogP contribution in [-0.2, 0) is 20.6 Å². The zero-order valence-electron chi connectivity index (χ0n) is 11.1. The Morgan fingerprint density at radius 2 is 2.10 bits per heavy atom. The van der Waals surface area contributed by atoms with Gasteiger partial charge in [-0.3, -0.25) is 4.57 Å². The minimum atomic E-state index is -0.371. The molecular weight excluding hydrogens is 324 g/mol. The summed E-state index contributed by atoms with van der Waals surface area (Å²) in [5.41, 5.74) is 8.78. The van der Waals surface area contributed by atoms with Crippen molar-refractivity contribution in [3.63, 3.8) is 0 Å². The zero-order valence-corrected chi connectivity index (χ0v) is 12.6. The average Bonchev–Trinajstić information content (AvgIpc) is 2.87. The molecule has 0 amide bonds. The predicted octanol–water partition coefficient (Wildman–Crippen LogP) is 1.75. The van der Waals surface area contributed by atoms with Crippen molar-refractivity contribution in [1.29, 1.82) is 0 Å². The fourth-order valence-corrected chi connectivity index (χ4v) is 2.98. The molecule has 0 unspecified atom stereocenters. The standard InChI is InChI=1S/C13H13BrN4O2/c1-17-8-4-3-7(5-9(8)20-13(17)19)11-12(14)16-10(6-15)18(11)2/h3-5H,6,15H2,1-2H3. The van der Waals surface area contributed by atoms with Gasteiger partial charge in [-0.1, -0.05) is 6.07 Å². The third-order valence-electron chi connectivity index (χ3n) is 3.39. The van der Waals surface area contributed by atoms with E-state index in [0.29, 0.717) is 12.1 Å². The summed E-state index contributed by atoms with van der Waals surface area (Å²) in [4.78, 5) is 15.9. The highest BCUT2D eigenvalue weighted by atomic mass is 79.9. The maximum atomic E-state index is 11.5. The van der Waals surface area contributed by atoms with Crippen LogP contribution in [0.1, 0.15) is 5.82 Å². The molecule has 20 heavy (non-hydrogen) atoms. The van der Waals surface area contributed by atoms with Crippen LogP contribution >= 0.6 is 15.9 Å². The molecule has 0 saturated carbocycles. The van der Waals surface area contributed by atoms with Gasteiger partial charge in [0.2, 0.25) is 0 Å². The first-order valence-corrected chi connectivity index (χ1v) is 6.83. The molecule has 0 aliphatic rings. The number of benzene rings is 1. The van der Waals surface area contributed by atoms with Crippen molar-refractivity contribution in [1.82, 2.24) is 14.1 Å². The van der Waals surface area contributed by atoms with Gasteiger partial charge in [0.1, 0.15) is 10.4 Å². The summed E-state index contributed by atoms with van der Waals surface area (Å²) in [5, 5.41) is 0. The van der Waals surface area contributed by atoms with E-state index in [4.69, 9.17) is 10.2 Å². The Hall–Kier alpha value is -1.86. The molecule has 2 N–H and O–H groups in total. The highest BCUT2D eigenvalue weighted by molar-refractivity contribution is 9.10. The van der Waals surface area contributed by atoms with Gasteiger partial charge in [0.15, 0.2) is 5.58 Å². The monoisotopic (exact) mass is 336 g/mol. The quantitative estimate of drug-likeness (QED) is 0.773. The second-order valence-electron chi connectivity index (χ2n) is 4.54. The van der Waals surface area contributed by atoms with Crippen LogP contribution in [0.2, 0.25) is 0 Å². The first-order chi connectivity index (χ1) is 9.52. The van der Waals surface area contributed by atoms with E-state index in [9.17, 15) is 4.79 Å². The fourth-order valence-electron chi connectivity index (χ4n) is 2.29. The van der Waals surface area contributed by atoms with E-state index < -0.39 is 0 Å². The maximum Gasteiger partial charge on any atom is 0.419 e. The Balaban J connectivity index is 2.25. The summed E-state index contributed by atoms with van der Waals surface area (Å²) in [5.74, 6) is 0.408. The Labute approximate surface area is 122 Å². The van der Waals surface area contributed by atoms with Crippen molar-refractivity contribution >= 4 is 27.0 Å². The molecule has 2 aromatic heterocycles. The molecule has 6 nitrogen and oxygen atoms in total. The molecule has 3 aromatic rings. The van der Waals surface area contributed by atoms with Crippen molar-refractivity contribution < 1.29 is 4.42 Å². The van der Waals surface area contributed by atoms with Gasteiger partial charge in [-0.05, 0) is 28.1 Å². The number of aryl methyl sites for hydroxylation is 1. The zero-order chi connectivity index (χ0) is 14.4. The lowest BCUT2D eigenvalue weighted by Gasteiger charge is -2.05. The number of fused-ring (bicyclic) bond motifs is 1. The van der Waals surface area contributed by atoms with E-state index in [-0.39, 0.29) is 5.76 Å². The summed E-state index contributed by atoms with van der Waals surface area (Å²) in [6, 6.07) is 5.62. The van der Waals surface area contributed by atoms with Gasteiger partial charge in [-0.25, -0.2) is 9.78 Å². The van der Waals surface area contributed by atoms with Gasteiger partial charge >= 0.3 is 5.76 Å². The summed E-state index contributed by atoms with van der Waals surface area (Å²) < 4.78 is 9.33. The number of hydrogen-bond acceptors (Lipinski definition) is 4. The van der Waals surface area contributed by atoms with Crippen molar-refractivity contribution in [2.24, 2.45) is 19.8 Å². The van der Waals surface area contributed by atoms with Crippen LogP contribution in [0.4, 0.5) is 0 Å². The Morgan fingerprint density at radius 1 is 1.35 bits per heavy atom. The minimum Gasteiger partial charge on any atom is -0.408 e. The van der Waals surface area contributed by atoms with E-state index in [1.165, 1.54) is 4.57 Å². The van der Waals surface area contributed by atoms with E-state index in [0.717, 1.165) is 27.2 Å². The van der Waals surface area contributed by atoms with E-state index in [1.807, 2.05) is 29.8 Å². The smallest absolute Gasteiger partial charge is 0.408 e. The van der Waals surface area contributed by atoms with Crippen LogP contribution in [-0.4, -0.2) is 14.1 Å². The van der Waals surface area contributed by atoms with Gasteiger partial charge in [-0.2, -0.15) is 0 Å². The maximum absolute atomic E-state index is 11.5. The molecule has 7 heteroatoms. The lowest BCUT2D eigenvalue weighted by atomic mass is 10.1. The lowest BCUT2D eigenvalue weighted by Crippen LogP contribution is -2.08. The van der Waals surface area contributed by atoms with E-state index in [2.05, 4.69) is 20.9 Å². The molecule has 2 heterocycles. The van der Waals surface area contributed by atoms with Crippen LogP contribution in [0.15, 0.2) is 32.0 Å². The van der Waals surface area contributed by atoms with E-state index >= 15 is 0 Å². The first kappa shape index (κ1) is 13.1. The van der Waals surface area contributed by atoms with Crippen LogP contribution in [0.3, 0.4) is 0 Å². The molecule has 3 rings (SSSR count). The number of nitrogens with zero attached hydrogens (tertiary/aromatic N) is 3. The van der Waals surface area contributed by atoms with Crippen LogP contribution in [0, 0.1) is 0 Å². The van der Waals surface area contributed by atoms with Gasteiger partial charge < -0.3 is 14.7 Å². The summed E-state index contributed by atoms with van der Waals surface area (Å²) in [6.45, 7) is 0.359. The second kappa shape index (κ2) is 4.60. The van der Waals surface area contributed by atoms with Crippen molar-refractivity contribution in [2.45, 2.75) is 6.54 Å². The summed E-state index contributed by atoms with van der Waals surface area (Å²) in [7, 11) is 3.58. The summed E-state index contributed by atoms with van der Waals surface area (Å²) >= 11 is 3.44. The Kier molecular flexibility index (Phi) is 3.02. The molecular formula is C13H13BrN4O2. The number of halogens is 1. The molecule has 0 aliphatic carbocycles. The first-order valence-electron chi connectivity index (χ1n) is 6.04. The third-order valence-corrected chi connectivity index (χ3v) is 3.95. The molecule has 0 radical (unpaired) electrons. The lowest BCUT2D eigenvalue weighted by molar-refractivity contribution is 0.528. The van der Waals surface area contributed by atoms with Crippen LogP contribution in [0.25, 0.3) is 22.4 Å². The Bertz CT molecular complexity index is 859. The van der Waals surface area contributed by atoms with Gasteiger partial charge in [-0.15, -0.1) is 0 Å². The summed E-state index contributed by atoms with van der Waals surface area (Å²) in [6.07, 6.45) is 0. The SMILES string of the molecule is Cn1c(CN)nc(Br)c1-c1ccc2c(c1)oc(=O)n2C. The van der Waals surface area contributed by atoms with Crippen molar-refractivity contribution in [3.8, 4) is 11.3 Å². The normalized spacial score (nSPS) is 11.4. The Morgan fingerprint density at radius 3 is 2.75 bits per heavy atom. The molecule has 0 saturated heterocycles. The van der Waals surface area contributed by atoms with E-state index in [1.54, 1.807) is 7.05 Å². The number of nitrogens with two attached hydrogens (primary N) is 1. The molecule has 0 aliphatic heterocycles. The third kappa shape index (κ3) is 1.82. The predicted molar refractivity (Wildman–Crippen MR) is 79.2 cm³/mol. The number of aromatic nitrogens is 3. The number of imidazole rings is 1. The highest BCUT2D eigenvalue weighted by Gasteiger charge is 2.15. The van der Waals surface area contributed by atoms with Gasteiger partial charge in [0.05, 0.1) is 17.8 Å². The minimum absolute atomic E-state index is 0.359. The topological polar surface area (TPSA) is 79.0 Å². The molecule has 104 valence electrons. The molecule has 0 bridgehead atoms. The second-order valence-corrected chi connectivity index (χ2v) is 5.29. The van der Waals surface area contributed by atoms with Crippen molar-refractivity contribution in [2.75, 3.05) is 0 Å². The highest BCUT2D eigenvalue weighted by Crippen LogP contribution is 2.30. The molecule has 0 spiro atoms. The van der Waals surface area contributed by atoms with Crippen molar-refractivity contribution in [3.05, 3.63) is 39.2 Å². The number of oxazole rings is 1. The van der Waals surface area contributed by atoms with Crippen LogP contribution in [0.5, 0.6) is 0 Å². The molecule has 1 aromatic carbocycles. The van der Waals surface area contributed by atoms with Gasteiger partial charge in [0.25, 0.3) is 0 Å². The fraction of sp³-hybridized carbons (Fsp3) is 0.231. The largest absolute Gasteiger partial charge is 0.419 e. The van der Waals surface area contributed by atoms with Gasteiger partial charge in [0, 0.05) is 19.7 Å². The number of rotatable bonds is 2. The molecule has 0 fully saturated rings. The average molecular weight is 337 g/mol. The number of hydrogen-bond donors (Lipinski definition) is 1. The molecule has 0 atom stereocenters. The van der Waals surface area contributed by atoms with Crippen LogP contribution < -0.4 is 11.5 Å².